The minimum Gasteiger partial charge on any atom is -0.303 e. The maximum absolute atomic E-state index is 13.2. The van der Waals surface area contributed by atoms with Crippen molar-refractivity contribution in [3.05, 3.63) is 59.9 Å². The number of benzene rings is 2. The van der Waals surface area contributed by atoms with Crippen molar-refractivity contribution in [3.8, 4) is 11.1 Å². The van der Waals surface area contributed by atoms with E-state index in [9.17, 15) is 4.39 Å². The molecule has 25 heavy (non-hydrogen) atoms. The van der Waals surface area contributed by atoms with Crippen molar-refractivity contribution in [2.45, 2.75) is 38.3 Å². The number of hydrogen-bond donors (Lipinski definition) is 1. The van der Waals surface area contributed by atoms with E-state index in [0.29, 0.717) is 6.04 Å². The third kappa shape index (κ3) is 3.49. The second-order valence-corrected chi connectivity index (χ2v) is 8.10. The van der Waals surface area contributed by atoms with Gasteiger partial charge >= 0.3 is 0 Å². The Morgan fingerprint density at radius 3 is 2.36 bits per heavy atom. The van der Waals surface area contributed by atoms with Crippen LogP contribution in [-0.2, 0) is 5.54 Å². The molecule has 3 aliphatic rings. The van der Waals surface area contributed by atoms with Gasteiger partial charge in [0, 0.05) is 18.1 Å². The van der Waals surface area contributed by atoms with Crippen LogP contribution >= 0.6 is 0 Å². The predicted octanol–water partition coefficient (Wildman–Crippen LogP) is 4.41. The first kappa shape index (κ1) is 16.7. The summed E-state index contributed by atoms with van der Waals surface area (Å²) in [5, 5.41) is 3.93. The number of rotatable bonds is 4. The summed E-state index contributed by atoms with van der Waals surface area (Å²) < 4.78 is 13.2. The summed E-state index contributed by atoms with van der Waals surface area (Å²) in [7, 11) is 0. The lowest BCUT2D eigenvalue weighted by molar-refractivity contribution is 0.0584. The van der Waals surface area contributed by atoms with Crippen LogP contribution in [-0.4, -0.2) is 30.6 Å². The molecule has 3 aliphatic heterocycles. The van der Waals surface area contributed by atoms with Crippen LogP contribution in [0.4, 0.5) is 4.39 Å². The van der Waals surface area contributed by atoms with Crippen LogP contribution in [0.5, 0.6) is 0 Å². The SMILES string of the molecule is CC(C)(NC1CN2CCC1CC2)c1cccc(-c2ccc(F)cc2)c1. The minimum absolute atomic E-state index is 0.0840. The molecule has 1 N–H and O–H groups in total. The number of halogens is 1. The van der Waals surface area contributed by atoms with Crippen molar-refractivity contribution >= 4 is 0 Å². The number of hydrogen-bond acceptors (Lipinski definition) is 2. The van der Waals surface area contributed by atoms with Gasteiger partial charge in [0.05, 0.1) is 0 Å². The van der Waals surface area contributed by atoms with Gasteiger partial charge in [-0.15, -0.1) is 0 Å². The average molecular weight is 338 g/mol. The van der Waals surface area contributed by atoms with Gasteiger partial charge in [-0.05, 0) is 80.6 Å². The predicted molar refractivity (Wildman–Crippen MR) is 101 cm³/mol. The molecule has 5 rings (SSSR count). The second kappa shape index (κ2) is 6.54. The van der Waals surface area contributed by atoms with Crippen LogP contribution in [0.1, 0.15) is 32.3 Å². The fourth-order valence-corrected chi connectivity index (χ4v) is 4.41. The molecule has 0 amide bonds. The highest BCUT2D eigenvalue weighted by Crippen LogP contribution is 2.32. The highest BCUT2D eigenvalue weighted by molar-refractivity contribution is 5.64. The Labute approximate surface area is 150 Å². The number of nitrogens with zero attached hydrogens (tertiary/aromatic N) is 1. The summed E-state index contributed by atoms with van der Waals surface area (Å²) in [6, 6.07) is 16.0. The van der Waals surface area contributed by atoms with E-state index in [1.54, 1.807) is 0 Å². The minimum atomic E-state index is -0.191. The monoisotopic (exact) mass is 338 g/mol. The highest BCUT2D eigenvalue weighted by atomic mass is 19.1. The average Bonchev–Trinajstić information content (AvgIpc) is 2.63. The molecule has 3 fully saturated rings. The number of piperidine rings is 3. The van der Waals surface area contributed by atoms with Crippen molar-refractivity contribution in [1.29, 1.82) is 0 Å². The lowest BCUT2D eigenvalue weighted by atomic mass is 9.81. The number of fused-ring (bicyclic) bond motifs is 3. The van der Waals surface area contributed by atoms with Crippen molar-refractivity contribution < 1.29 is 4.39 Å². The second-order valence-electron chi connectivity index (χ2n) is 8.10. The summed E-state index contributed by atoms with van der Waals surface area (Å²) in [5.41, 5.74) is 3.40. The van der Waals surface area contributed by atoms with E-state index in [1.165, 1.54) is 50.2 Å². The third-order valence-electron chi connectivity index (χ3n) is 5.96. The lowest BCUT2D eigenvalue weighted by Crippen LogP contribution is -2.59. The Balaban J connectivity index is 1.55. The zero-order valence-electron chi connectivity index (χ0n) is 15.1. The number of nitrogens with one attached hydrogen (secondary N) is 1. The van der Waals surface area contributed by atoms with Gasteiger partial charge in [0.25, 0.3) is 0 Å². The Morgan fingerprint density at radius 2 is 1.72 bits per heavy atom. The Kier molecular flexibility index (Phi) is 4.38. The van der Waals surface area contributed by atoms with Crippen molar-refractivity contribution in [1.82, 2.24) is 10.2 Å². The first-order chi connectivity index (χ1) is 12.0. The standard InChI is InChI=1S/C22H27FN2/c1-22(2,24-21-15-25-12-10-17(21)11-13-25)19-5-3-4-18(14-19)16-6-8-20(23)9-7-16/h3-9,14,17,21,24H,10-13,15H2,1-2H3. The molecular formula is C22H27FN2. The summed E-state index contributed by atoms with van der Waals surface area (Å²) in [6.45, 7) is 8.25. The van der Waals surface area contributed by atoms with Crippen molar-refractivity contribution in [3.63, 3.8) is 0 Å². The Morgan fingerprint density at radius 1 is 1.00 bits per heavy atom. The molecule has 0 spiro atoms. The van der Waals surface area contributed by atoms with Gasteiger partial charge in [0.15, 0.2) is 0 Å². The molecule has 2 aromatic rings. The summed E-state index contributed by atoms with van der Waals surface area (Å²) >= 11 is 0. The van der Waals surface area contributed by atoms with Gasteiger partial charge < -0.3 is 10.2 Å². The van der Waals surface area contributed by atoms with Gasteiger partial charge in [0.1, 0.15) is 5.82 Å². The summed E-state index contributed by atoms with van der Waals surface area (Å²) in [4.78, 5) is 2.59. The van der Waals surface area contributed by atoms with Gasteiger partial charge in [-0.1, -0.05) is 30.3 Å². The highest BCUT2D eigenvalue weighted by Gasteiger charge is 2.37. The Hall–Kier alpha value is -1.71. The third-order valence-corrected chi connectivity index (χ3v) is 5.96. The molecule has 3 heterocycles. The maximum Gasteiger partial charge on any atom is 0.123 e. The van der Waals surface area contributed by atoms with E-state index >= 15 is 0 Å². The van der Waals surface area contributed by atoms with Crippen LogP contribution in [0.2, 0.25) is 0 Å². The molecule has 0 aromatic heterocycles. The van der Waals surface area contributed by atoms with Gasteiger partial charge in [-0.2, -0.15) is 0 Å². The molecule has 1 atom stereocenters. The van der Waals surface area contributed by atoms with E-state index in [2.05, 4.69) is 48.3 Å². The van der Waals surface area contributed by atoms with Crippen LogP contribution < -0.4 is 5.32 Å². The van der Waals surface area contributed by atoms with E-state index in [0.717, 1.165) is 17.0 Å². The van der Waals surface area contributed by atoms with Crippen molar-refractivity contribution in [2.24, 2.45) is 5.92 Å². The molecule has 2 nitrogen and oxygen atoms in total. The lowest BCUT2D eigenvalue weighted by Gasteiger charge is -2.48. The maximum atomic E-state index is 13.2. The van der Waals surface area contributed by atoms with Crippen LogP contribution in [0.3, 0.4) is 0 Å². The molecule has 3 saturated heterocycles. The molecule has 0 aliphatic carbocycles. The first-order valence-corrected chi connectivity index (χ1v) is 9.38. The van der Waals surface area contributed by atoms with E-state index < -0.39 is 0 Å². The molecule has 1 unspecified atom stereocenters. The Bertz CT molecular complexity index is 730. The molecule has 132 valence electrons. The van der Waals surface area contributed by atoms with Crippen LogP contribution in [0, 0.1) is 11.7 Å². The van der Waals surface area contributed by atoms with Gasteiger partial charge in [-0.3, -0.25) is 0 Å². The van der Waals surface area contributed by atoms with E-state index in [1.807, 2.05) is 12.1 Å². The summed E-state index contributed by atoms with van der Waals surface area (Å²) in [5.74, 6) is 0.619. The molecular weight excluding hydrogens is 311 g/mol. The summed E-state index contributed by atoms with van der Waals surface area (Å²) in [6.07, 6.45) is 2.65. The fourth-order valence-electron chi connectivity index (χ4n) is 4.41. The molecule has 3 heteroatoms. The topological polar surface area (TPSA) is 15.3 Å². The van der Waals surface area contributed by atoms with E-state index in [-0.39, 0.29) is 11.4 Å². The van der Waals surface area contributed by atoms with Crippen LogP contribution in [0.25, 0.3) is 11.1 Å². The zero-order chi connectivity index (χ0) is 17.4. The quantitative estimate of drug-likeness (QED) is 0.888. The molecule has 2 aromatic carbocycles. The van der Waals surface area contributed by atoms with Gasteiger partial charge in [0.2, 0.25) is 0 Å². The molecule has 0 saturated carbocycles. The molecule has 0 radical (unpaired) electrons. The first-order valence-electron chi connectivity index (χ1n) is 9.38. The largest absolute Gasteiger partial charge is 0.303 e. The normalized spacial score (nSPS) is 26.0. The smallest absolute Gasteiger partial charge is 0.123 e. The zero-order valence-corrected chi connectivity index (χ0v) is 15.1. The fraction of sp³-hybridized carbons (Fsp3) is 0.455. The van der Waals surface area contributed by atoms with Crippen molar-refractivity contribution in [2.75, 3.05) is 19.6 Å². The van der Waals surface area contributed by atoms with Gasteiger partial charge in [-0.25, -0.2) is 4.39 Å². The van der Waals surface area contributed by atoms with E-state index in [4.69, 9.17) is 0 Å². The molecule has 2 bridgehead atoms. The van der Waals surface area contributed by atoms with Crippen LogP contribution in [0.15, 0.2) is 48.5 Å².